The van der Waals surface area contributed by atoms with Crippen molar-refractivity contribution in [2.24, 2.45) is 0 Å². The van der Waals surface area contributed by atoms with Crippen molar-refractivity contribution in [1.82, 2.24) is 25.1 Å². The maximum atomic E-state index is 5.95. The highest BCUT2D eigenvalue weighted by molar-refractivity contribution is 5.42. The van der Waals surface area contributed by atoms with Crippen LogP contribution in [0.5, 0.6) is 0 Å². The average Bonchev–Trinajstić information content (AvgIpc) is 3.17. The van der Waals surface area contributed by atoms with Crippen LogP contribution in [-0.2, 0) is 16.7 Å². The number of hydrogen-bond donors (Lipinski definition) is 0. The Kier molecular flexibility index (Phi) is 5.83. The first-order chi connectivity index (χ1) is 13.9. The summed E-state index contributed by atoms with van der Waals surface area (Å²) in [5.74, 6) is 3.70. The van der Waals surface area contributed by atoms with Crippen molar-refractivity contribution in [3.8, 4) is 0 Å². The minimum Gasteiger partial charge on any atom is -0.424 e. The highest BCUT2D eigenvalue weighted by Gasteiger charge is 2.25. The molecule has 8 heteroatoms. The van der Waals surface area contributed by atoms with E-state index in [4.69, 9.17) is 9.15 Å². The predicted molar refractivity (Wildman–Crippen MR) is 110 cm³/mol. The summed E-state index contributed by atoms with van der Waals surface area (Å²) >= 11 is 0. The summed E-state index contributed by atoms with van der Waals surface area (Å²) < 4.78 is 11.4. The van der Waals surface area contributed by atoms with E-state index in [1.54, 1.807) is 0 Å². The molecular weight excluding hydrogens is 368 g/mol. The van der Waals surface area contributed by atoms with Crippen LogP contribution in [0, 0.1) is 6.92 Å². The Morgan fingerprint density at radius 1 is 1.03 bits per heavy atom. The van der Waals surface area contributed by atoms with Gasteiger partial charge in [-0.25, -0.2) is 9.97 Å². The molecule has 2 fully saturated rings. The van der Waals surface area contributed by atoms with Crippen LogP contribution < -0.4 is 4.90 Å². The summed E-state index contributed by atoms with van der Waals surface area (Å²) in [6.45, 7) is 14.6. The Bertz CT molecular complexity index is 817. The molecule has 2 saturated heterocycles. The van der Waals surface area contributed by atoms with Gasteiger partial charge < -0.3 is 14.1 Å². The van der Waals surface area contributed by atoms with E-state index in [1.165, 1.54) is 0 Å². The standard InChI is InChI=1S/C21H32N6O2/c1-15-22-17(21(2,3)4)13-18(23-15)27-9-7-26(8-10-27)14-19-24-25-20(29-19)16-5-11-28-12-6-16/h13,16H,5-12,14H2,1-4H3. The van der Waals surface area contributed by atoms with Gasteiger partial charge in [0.2, 0.25) is 11.8 Å². The molecule has 0 saturated carbocycles. The second-order valence-electron chi connectivity index (χ2n) is 9.09. The lowest BCUT2D eigenvalue weighted by Gasteiger charge is -2.35. The lowest BCUT2D eigenvalue weighted by Crippen LogP contribution is -2.46. The monoisotopic (exact) mass is 400 g/mol. The van der Waals surface area contributed by atoms with Gasteiger partial charge in [-0.3, -0.25) is 4.90 Å². The summed E-state index contributed by atoms with van der Waals surface area (Å²) in [5, 5.41) is 8.56. The first-order valence-electron chi connectivity index (χ1n) is 10.6. The molecule has 0 spiro atoms. The van der Waals surface area contributed by atoms with Crippen LogP contribution >= 0.6 is 0 Å². The molecule has 0 amide bonds. The number of piperazine rings is 1. The largest absolute Gasteiger partial charge is 0.424 e. The smallest absolute Gasteiger partial charge is 0.230 e. The van der Waals surface area contributed by atoms with Gasteiger partial charge in [0, 0.05) is 56.8 Å². The Morgan fingerprint density at radius 2 is 1.76 bits per heavy atom. The third-order valence-corrected chi connectivity index (χ3v) is 5.70. The Morgan fingerprint density at radius 3 is 2.45 bits per heavy atom. The number of aryl methyl sites for hydroxylation is 1. The fraction of sp³-hybridized carbons (Fsp3) is 0.714. The van der Waals surface area contributed by atoms with Crippen molar-refractivity contribution in [2.75, 3.05) is 44.3 Å². The van der Waals surface area contributed by atoms with E-state index in [-0.39, 0.29) is 5.41 Å². The quantitative estimate of drug-likeness (QED) is 0.775. The lowest BCUT2D eigenvalue weighted by atomic mass is 9.92. The predicted octanol–water partition coefficient (Wildman–Crippen LogP) is 2.68. The number of hydrogen-bond acceptors (Lipinski definition) is 8. The van der Waals surface area contributed by atoms with Crippen molar-refractivity contribution < 1.29 is 9.15 Å². The first-order valence-corrected chi connectivity index (χ1v) is 10.6. The van der Waals surface area contributed by atoms with E-state index < -0.39 is 0 Å². The third kappa shape index (κ3) is 4.93. The highest BCUT2D eigenvalue weighted by Crippen LogP contribution is 2.27. The molecule has 0 atom stereocenters. The lowest BCUT2D eigenvalue weighted by molar-refractivity contribution is 0.0788. The van der Waals surface area contributed by atoms with Gasteiger partial charge in [-0.05, 0) is 19.8 Å². The van der Waals surface area contributed by atoms with Crippen LogP contribution in [0.15, 0.2) is 10.5 Å². The zero-order chi connectivity index (χ0) is 20.4. The Balaban J connectivity index is 1.34. The van der Waals surface area contributed by atoms with E-state index in [2.05, 4.69) is 56.8 Å². The van der Waals surface area contributed by atoms with Crippen molar-refractivity contribution in [2.45, 2.75) is 58.4 Å². The Hall–Kier alpha value is -2.06. The summed E-state index contributed by atoms with van der Waals surface area (Å²) in [7, 11) is 0. The maximum Gasteiger partial charge on any atom is 0.230 e. The van der Waals surface area contributed by atoms with Crippen LogP contribution in [0.4, 0.5) is 5.82 Å². The molecule has 2 aromatic heterocycles. The molecule has 0 aliphatic carbocycles. The van der Waals surface area contributed by atoms with Crippen LogP contribution in [0.3, 0.4) is 0 Å². The number of rotatable bonds is 4. The second kappa shape index (κ2) is 8.36. The molecule has 158 valence electrons. The molecule has 2 aliphatic rings. The number of ether oxygens (including phenoxy) is 1. The summed E-state index contributed by atoms with van der Waals surface area (Å²) in [5.41, 5.74) is 1.11. The fourth-order valence-electron chi connectivity index (χ4n) is 3.86. The zero-order valence-electron chi connectivity index (χ0n) is 18.0. The summed E-state index contributed by atoms with van der Waals surface area (Å²) in [6, 6.07) is 2.14. The molecule has 0 bridgehead atoms. The molecule has 4 rings (SSSR count). The zero-order valence-corrected chi connectivity index (χ0v) is 18.0. The minimum atomic E-state index is 0.0182. The van der Waals surface area contributed by atoms with E-state index in [1.807, 2.05) is 6.92 Å². The highest BCUT2D eigenvalue weighted by atomic mass is 16.5. The van der Waals surface area contributed by atoms with Crippen molar-refractivity contribution in [3.63, 3.8) is 0 Å². The summed E-state index contributed by atoms with van der Waals surface area (Å²) in [6.07, 6.45) is 1.93. The van der Waals surface area contributed by atoms with Crippen LogP contribution in [0.25, 0.3) is 0 Å². The van der Waals surface area contributed by atoms with E-state index >= 15 is 0 Å². The molecule has 2 aliphatic heterocycles. The molecule has 0 unspecified atom stereocenters. The molecule has 8 nitrogen and oxygen atoms in total. The van der Waals surface area contributed by atoms with Gasteiger partial charge in [-0.15, -0.1) is 10.2 Å². The molecule has 2 aromatic rings. The van der Waals surface area contributed by atoms with Gasteiger partial charge in [0.25, 0.3) is 0 Å². The van der Waals surface area contributed by atoms with Crippen molar-refractivity contribution >= 4 is 5.82 Å². The normalized spacial score (nSPS) is 19.7. The molecule has 0 N–H and O–H groups in total. The third-order valence-electron chi connectivity index (χ3n) is 5.70. The molecule has 4 heterocycles. The fourth-order valence-corrected chi connectivity index (χ4v) is 3.86. The van der Waals surface area contributed by atoms with E-state index in [0.717, 1.165) is 75.5 Å². The molecule has 29 heavy (non-hydrogen) atoms. The molecular formula is C21H32N6O2. The SMILES string of the molecule is Cc1nc(N2CCN(Cc3nnc(C4CCOCC4)o3)CC2)cc(C(C)(C)C)n1. The number of nitrogens with zero attached hydrogens (tertiary/aromatic N) is 6. The van der Waals surface area contributed by atoms with Crippen LogP contribution in [0.1, 0.15) is 62.8 Å². The topological polar surface area (TPSA) is 80.4 Å². The van der Waals surface area contributed by atoms with E-state index in [0.29, 0.717) is 18.4 Å². The van der Waals surface area contributed by atoms with Gasteiger partial charge >= 0.3 is 0 Å². The van der Waals surface area contributed by atoms with Crippen LogP contribution in [0.2, 0.25) is 0 Å². The Labute approximate surface area is 172 Å². The van der Waals surface area contributed by atoms with Gasteiger partial charge in [0.05, 0.1) is 12.2 Å². The van der Waals surface area contributed by atoms with E-state index in [9.17, 15) is 0 Å². The van der Waals surface area contributed by atoms with Crippen molar-refractivity contribution in [1.29, 1.82) is 0 Å². The number of aromatic nitrogens is 4. The average molecular weight is 401 g/mol. The maximum absolute atomic E-state index is 5.95. The van der Waals surface area contributed by atoms with Crippen molar-refractivity contribution in [3.05, 3.63) is 29.4 Å². The minimum absolute atomic E-state index is 0.0182. The number of anilines is 1. The van der Waals surface area contributed by atoms with Crippen LogP contribution in [-0.4, -0.2) is 64.5 Å². The molecule has 0 radical (unpaired) electrons. The van der Waals surface area contributed by atoms with Gasteiger partial charge in [-0.1, -0.05) is 20.8 Å². The second-order valence-corrected chi connectivity index (χ2v) is 9.09. The van der Waals surface area contributed by atoms with Gasteiger partial charge in [0.15, 0.2) is 0 Å². The molecule has 0 aromatic carbocycles. The first kappa shape index (κ1) is 20.2. The van der Waals surface area contributed by atoms with Gasteiger partial charge in [-0.2, -0.15) is 0 Å². The van der Waals surface area contributed by atoms with Gasteiger partial charge in [0.1, 0.15) is 11.6 Å². The summed E-state index contributed by atoms with van der Waals surface area (Å²) in [4.78, 5) is 14.0.